The van der Waals surface area contributed by atoms with E-state index in [1.54, 1.807) is 17.6 Å². The summed E-state index contributed by atoms with van der Waals surface area (Å²) in [5.41, 5.74) is 0. The van der Waals surface area contributed by atoms with E-state index in [4.69, 9.17) is 9.47 Å². The Morgan fingerprint density at radius 1 is 1.37 bits per heavy atom. The van der Waals surface area contributed by atoms with Crippen molar-refractivity contribution in [3.8, 4) is 6.01 Å². The van der Waals surface area contributed by atoms with Gasteiger partial charge in [0, 0.05) is 11.6 Å². The minimum absolute atomic E-state index is 0.0590. The molecule has 2 heterocycles. The summed E-state index contributed by atoms with van der Waals surface area (Å²) in [6.07, 6.45) is 2.24. The number of nitro groups is 1. The molecule has 1 aromatic rings. The topological polar surface area (TPSA) is 88.7 Å². The summed E-state index contributed by atoms with van der Waals surface area (Å²) in [4.78, 5) is 13.7. The smallest absolute Gasteiger partial charge is 0.443 e. The fourth-order valence-electron chi connectivity index (χ4n) is 2.21. The molecule has 8 nitrogen and oxygen atoms in total. The monoisotopic (exact) mass is 437 g/mol. The van der Waals surface area contributed by atoms with Crippen molar-refractivity contribution in [2.75, 3.05) is 13.2 Å². The SMILES string of the molecule is CC.CC/C=C\C(=C/CC)OC(F)(F)F.CCOC1COc2nc([N+](=O)[O-])cn2C1. The number of hydrogen-bond donors (Lipinski definition) is 0. The first-order chi connectivity index (χ1) is 14.2. The molecule has 0 N–H and O–H groups in total. The number of allylic oxidation sites excluding steroid dienone is 3. The Morgan fingerprint density at radius 3 is 2.53 bits per heavy atom. The van der Waals surface area contributed by atoms with E-state index in [1.807, 2.05) is 27.7 Å². The Balaban J connectivity index is 0.000000524. The molecule has 0 saturated heterocycles. The van der Waals surface area contributed by atoms with Crippen LogP contribution in [0.2, 0.25) is 0 Å². The molecule has 0 aromatic carbocycles. The van der Waals surface area contributed by atoms with E-state index in [0.29, 0.717) is 32.6 Å². The van der Waals surface area contributed by atoms with Crippen molar-refractivity contribution in [1.82, 2.24) is 9.55 Å². The molecule has 30 heavy (non-hydrogen) atoms. The van der Waals surface area contributed by atoms with Gasteiger partial charge in [-0.1, -0.05) is 33.8 Å². The summed E-state index contributed by atoms with van der Waals surface area (Å²) in [6, 6.07) is 0.289. The highest BCUT2D eigenvalue weighted by Gasteiger charge is 2.31. The predicted molar refractivity (Wildman–Crippen MR) is 106 cm³/mol. The molecule has 0 bridgehead atoms. The molecule has 0 radical (unpaired) electrons. The van der Waals surface area contributed by atoms with Crippen molar-refractivity contribution in [2.24, 2.45) is 0 Å². The van der Waals surface area contributed by atoms with Crippen LogP contribution in [0.25, 0.3) is 0 Å². The van der Waals surface area contributed by atoms with E-state index in [1.165, 1.54) is 18.3 Å². The zero-order valence-corrected chi connectivity index (χ0v) is 17.9. The van der Waals surface area contributed by atoms with Crippen LogP contribution in [0, 0.1) is 10.1 Å². The molecule has 1 aliphatic heterocycles. The van der Waals surface area contributed by atoms with Crippen LogP contribution in [0.15, 0.2) is 30.2 Å². The second-order valence-corrected chi connectivity index (χ2v) is 5.55. The van der Waals surface area contributed by atoms with Crippen LogP contribution in [0.4, 0.5) is 19.0 Å². The third-order valence-electron chi connectivity index (χ3n) is 3.27. The zero-order chi connectivity index (χ0) is 23.2. The molecule has 0 fully saturated rings. The number of rotatable bonds is 7. The number of nitrogens with zero attached hydrogens (tertiary/aromatic N) is 3. The zero-order valence-electron chi connectivity index (χ0n) is 17.9. The first-order valence-electron chi connectivity index (χ1n) is 9.78. The Kier molecular flexibility index (Phi) is 13.2. The highest BCUT2D eigenvalue weighted by atomic mass is 19.4. The third kappa shape index (κ3) is 10.8. The van der Waals surface area contributed by atoms with Gasteiger partial charge in [-0.3, -0.25) is 4.57 Å². The van der Waals surface area contributed by atoms with Gasteiger partial charge in [0.1, 0.15) is 24.7 Å². The Labute approximate surface area is 174 Å². The van der Waals surface area contributed by atoms with Gasteiger partial charge in [0.15, 0.2) is 0 Å². The van der Waals surface area contributed by atoms with E-state index < -0.39 is 11.3 Å². The van der Waals surface area contributed by atoms with E-state index in [9.17, 15) is 23.3 Å². The Morgan fingerprint density at radius 2 is 2.03 bits per heavy atom. The number of halogens is 3. The van der Waals surface area contributed by atoms with Crippen LogP contribution in [0.1, 0.15) is 47.5 Å². The molecule has 0 aliphatic carbocycles. The molecule has 1 aliphatic rings. The van der Waals surface area contributed by atoms with Crippen LogP contribution in [0.5, 0.6) is 6.01 Å². The minimum Gasteiger partial charge on any atom is -0.443 e. The normalized spacial score (nSPS) is 15.9. The lowest BCUT2D eigenvalue weighted by Gasteiger charge is -2.21. The summed E-state index contributed by atoms with van der Waals surface area (Å²) in [6.45, 7) is 11.0. The van der Waals surface area contributed by atoms with Gasteiger partial charge < -0.3 is 24.3 Å². The van der Waals surface area contributed by atoms with Gasteiger partial charge in [0.2, 0.25) is 0 Å². The van der Waals surface area contributed by atoms with Crippen LogP contribution in [-0.2, 0) is 16.0 Å². The molecule has 2 rings (SSSR count). The van der Waals surface area contributed by atoms with Crippen LogP contribution in [-0.4, -0.2) is 40.2 Å². The molecule has 1 atom stereocenters. The van der Waals surface area contributed by atoms with E-state index >= 15 is 0 Å². The Hall–Kier alpha value is -2.56. The van der Waals surface area contributed by atoms with Gasteiger partial charge in [0.25, 0.3) is 0 Å². The van der Waals surface area contributed by atoms with Gasteiger partial charge >= 0.3 is 18.2 Å². The van der Waals surface area contributed by atoms with E-state index in [2.05, 4.69) is 9.72 Å². The number of hydrogen-bond acceptors (Lipinski definition) is 6. The molecular formula is C19H30F3N3O5. The molecule has 0 saturated carbocycles. The quantitative estimate of drug-likeness (QED) is 0.246. The first kappa shape index (κ1) is 27.4. The maximum absolute atomic E-state index is 11.8. The molecule has 0 amide bonds. The van der Waals surface area contributed by atoms with Gasteiger partial charge in [-0.2, -0.15) is 0 Å². The van der Waals surface area contributed by atoms with Crippen molar-refractivity contribution < 1.29 is 32.3 Å². The molecule has 1 unspecified atom stereocenters. The Bertz CT molecular complexity index is 687. The fraction of sp³-hybridized carbons (Fsp3) is 0.632. The highest BCUT2D eigenvalue weighted by molar-refractivity contribution is 5.21. The number of aromatic nitrogens is 2. The van der Waals surface area contributed by atoms with E-state index in [0.717, 1.165) is 0 Å². The van der Waals surface area contributed by atoms with Crippen molar-refractivity contribution in [1.29, 1.82) is 0 Å². The molecule has 0 spiro atoms. The maximum atomic E-state index is 11.8. The lowest BCUT2D eigenvalue weighted by Crippen LogP contribution is -2.32. The lowest BCUT2D eigenvalue weighted by molar-refractivity contribution is -0.389. The average molecular weight is 437 g/mol. The van der Waals surface area contributed by atoms with Crippen molar-refractivity contribution in [3.05, 3.63) is 40.3 Å². The second kappa shape index (κ2) is 14.4. The summed E-state index contributed by atoms with van der Waals surface area (Å²) >= 11 is 0. The van der Waals surface area contributed by atoms with Crippen molar-refractivity contribution in [2.45, 2.75) is 66.5 Å². The van der Waals surface area contributed by atoms with Gasteiger partial charge in [-0.05, 0) is 36.8 Å². The maximum Gasteiger partial charge on any atom is 0.573 e. The summed E-state index contributed by atoms with van der Waals surface area (Å²) < 4.78 is 51.2. The van der Waals surface area contributed by atoms with Crippen LogP contribution in [0.3, 0.4) is 0 Å². The van der Waals surface area contributed by atoms with Crippen molar-refractivity contribution in [3.63, 3.8) is 0 Å². The highest BCUT2D eigenvalue weighted by Crippen LogP contribution is 2.22. The number of imidazole rings is 1. The molecular weight excluding hydrogens is 407 g/mol. The number of fused-ring (bicyclic) bond motifs is 1. The average Bonchev–Trinajstić information content (AvgIpc) is 3.11. The van der Waals surface area contributed by atoms with Gasteiger partial charge in [-0.15, -0.1) is 13.2 Å². The molecule has 172 valence electrons. The standard InChI is InChI=1S/C9H13F3O.C8H11N3O4.C2H6/c1-3-5-7-8(6-4-2)13-9(10,11)12;1-2-14-6-3-10-4-7(11(12)13)9-8(10)15-5-6;1-2/h5-7H,3-4H2,1-2H3;4,6H,2-3,5H2,1H3;1-2H3/b7-5-,8-6+;;. The predicted octanol–water partition coefficient (Wildman–Crippen LogP) is 5.40. The fourth-order valence-corrected chi connectivity index (χ4v) is 2.21. The van der Waals surface area contributed by atoms with Gasteiger partial charge in [-0.25, -0.2) is 0 Å². The third-order valence-corrected chi connectivity index (χ3v) is 3.27. The number of alkyl halides is 3. The summed E-state index contributed by atoms with van der Waals surface area (Å²) in [7, 11) is 0. The second-order valence-electron chi connectivity index (χ2n) is 5.55. The van der Waals surface area contributed by atoms with Gasteiger partial charge in [0.05, 0.1) is 6.54 Å². The first-order valence-corrected chi connectivity index (χ1v) is 9.78. The van der Waals surface area contributed by atoms with Crippen LogP contribution < -0.4 is 4.74 Å². The summed E-state index contributed by atoms with van der Waals surface area (Å²) in [5, 5.41) is 10.5. The van der Waals surface area contributed by atoms with Crippen molar-refractivity contribution >= 4 is 5.82 Å². The minimum atomic E-state index is -4.60. The van der Waals surface area contributed by atoms with E-state index in [-0.39, 0.29) is 23.7 Å². The summed E-state index contributed by atoms with van der Waals surface area (Å²) in [5.74, 6) is -0.334. The lowest BCUT2D eigenvalue weighted by atomic mass is 10.3. The molecule has 1 aromatic heterocycles. The number of ether oxygens (including phenoxy) is 3. The largest absolute Gasteiger partial charge is 0.573 e. The van der Waals surface area contributed by atoms with Crippen LogP contribution >= 0.6 is 0 Å². The molecule has 11 heteroatoms.